The summed E-state index contributed by atoms with van der Waals surface area (Å²) in [5, 5.41) is 9.19. The normalized spacial score (nSPS) is 29.9. The molecule has 0 aromatic carbocycles. The van der Waals surface area contributed by atoms with Gasteiger partial charge in [-0.1, -0.05) is 0 Å². The summed E-state index contributed by atoms with van der Waals surface area (Å²) in [5.74, 6) is -0.896. The molecule has 0 aromatic rings. The Balaban J connectivity index is 2.45. The molecule has 0 bridgehead atoms. The summed E-state index contributed by atoms with van der Waals surface area (Å²) in [5.41, 5.74) is 0. The lowest BCUT2D eigenvalue weighted by Crippen LogP contribution is -2.31. The smallest absolute Gasteiger partial charge is 0.303 e. The van der Waals surface area contributed by atoms with Crippen LogP contribution in [0, 0.1) is 0 Å². The fourth-order valence-electron chi connectivity index (χ4n) is 1.38. The van der Waals surface area contributed by atoms with Gasteiger partial charge in [0.2, 0.25) is 0 Å². The molecule has 1 rings (SSSR count). The van der Waals surface area contributed by atoms with Gasteiger partial charge in [0, 0.05) is 20.3 Å². The van der Waals surface area contributed by atoms with Crippen LogP contribution in [0.5, 0.6) is 0 Å². The van der Waals surface area contributed by atoms with Gasteiger partial charge in [-0.2, -0.15) is 0 Å². The van der Waals surface area contributed by atoms with Crippen LogP contribution in [0.15, 0.2) is 0 Å². The summed E-state index contributed by atoms with van der Waals surface area (Å²) in [4.78, 5) is 21.3. The summed E-state index contributed by atoms with van der Waals surface area (Å²) in [6.45, 7) is 2.52. The number of carbonyl (C=O) groups excluding carboxylic acids is 2. The molecule has 1 fully saturated rings. The highest BCUT2D eigenvalue weighted by atomic mass is 16.7. The first-order valence-electron chi connectivity index (χ1n) is 4.63. The van der Waals surface area contributed by atoms with E-state index in [1.807, 2.05) is 0 Å². The van der Waals surface area contributed by atoms with Crippen LogP contribution in [-0.4, -0.2) is 42.1 Å². The lowest BCUT2D eigenvalue weighted by atomic mass is 10.2. The fraction of sp³-hybridized carbons (Fsp3) is 0.778. The molecule has 1 aliphatic rings. The monoisotopic (exact) mass is 218 g/mol. The van der Waals surface area contributed by atoms with Crippen LogP contribution in [0.25, 0.3) is 0 Å². The third-order valence-corrected chi connectivity index (χ3v) is 1.95. The quantitative estimate of drug-likeness (QED) is 0.648. The first kappa shape index (κ1) is 11.9. The Morgan fingerprint density at radius 1 is 1.40 bits per heavy atom. The Labute approximate surface area is 87.1 Å². The molecular weight excluding hydrogens is 204 g/mol. The van der Waals surface area contributed by atoms with E-state index in [0.717, 1.165) is 0 Å². The van der Waals surface area contributed by atoms with E-state index in [0.29, 0.717) is 0 Å². The molecule has 1 N–H and O–H groups in total. The highest BCUT2D eigenvalue weighted by molar-refractivity contribution is 5.66. The number of aliphatic hydroxyl groups is 1. The van der Waals surface area contributed by atoms with Crippen LogP contribution < -0.4 is 0 Å². The van der Waals surface area contributed by atoms with Crippen molar-refractivity contribution in [2.75, 3.05) is 6.61 Å². The number of hydrogen-bond donors (Lipinski definition) is 1. The number of hydrogen-bond acceptors (Lipinski definition) is 6. The minimum atomic E-state index is -0.977. The molecule has 0 spiro atoms. The van der Waals surface area contributed by atoms with Gasteiger partial charge < -0.3 is 19.3 Å². The molecule has 6 nitrogen and oxygen atoms in total. The Hall–Kier alpha value is -1.14. The Kier molecular flexibility index (Phi) is 4.05. The van der Waals surface area contributed by atoms with Crippen molar-refractivity contribution in [2.24, 2.45) is 0 Å². The lowest BCUT2D eigenvalue weighted by molar-refractivity contribution is -0.159. The first-order chi connectivity index (χ1) is 6.99. The molecule has 0 saturated carbocycles. The molecule has 15 heavy (non-hydrogen) atoms. The van der Waals surface area contributed by atoms with E-state index in [9.17, 15) is 14.7 Å². The number of aliphatic hydroxyl groups excluding tert-OH is 1. The van der Waals surface area contributed by atoms with E-state index in [4.69, 9.17) is 14.2 Å². The van der Waals surface area contributed by atoms with Crippen molar-refractivity contribution in [3.05, 3.63) is 0 Å². The minimum Gasteiger partial charge on any atom is -0.463 e. The maximum atomic E-state index is 10.7. The molecule has 0 amide bonds. The number of esters is 2. The second-order valence-corrected chi connectivity index (χ2v) is 3.32. The summed E-state index contributed by atoms with van der Waals surface area (Å²) in [6.07, 6.45) is -1.93. The van der Waals surface area contributed by atoms with Crippen molar-refractivity contribution in [1.82, 2.24) is 0 Å². The topological polar surface area (TPSA) is 82.1 Å². The Morgan fingerprint density at radius 2 is 2.07 bits per heavy atom. The molecule has 6 heteroatoms. The van der Waals surface area contributed by atoms with Crippen molar-refractivity contribution < 1.29 is 28.9 Å². The van der Waals surface area contributed by atoms with Gasteiger partial charge in [-0.25, -0.2) is 0 Å². The predicted molar refractivity (Wildman–Crippen MR) is 47.7 cm³/mol. The van der Waals surface area contributed by atoms with Crippen molar-refractivity contribution in [3.8, 4) is 0 Å². The third-order valence-electron chi connectivity index (χ3n) is 1.95. The van der Waals surface area contributed by atoms with Crippen molar-refractivity contribution in [2.45, 2.75) is 38.8 Å². The average molecular weight is 218 g/mol. The molecule has 1 heterocycles. The zero-order valence-corrected chi connectivity index (χ0v) is 8.63. The van der Waals surface area contributed by atoms with Gasteiger partial charge in [0.1, 0.15) is 18.8 Å². The van der Waals surface area contributed by atoms with Gasteiger partial charge in [0.25, 0.3) is 0 Å². The van der Waals surface area contributed by atoms with E-state index in [2.05, 4.69) is 0 Å². The van der Waals surface area contributed by atoms with Gasteiger partial charge in [0.15, 0.2) is 6.29 Å². The van der Waals surface area contributed by atoms with E-state index in [1.165, 1.54) is 13.8 Å². The zero-order valence-electron chi connectivity index (χ0n) is 8.63. The second-order valence-electron chi connectivity index (χ2n) is 3.32. The van der Waals surface area contributed by atoms with Crippen LogP contribution in [0.2, 0.25) is 0 Å². The summed E-state index contributed by atoms with van der Waals surface area (Å²) in [6, 6.07) is 0. The van der Waals surface area contributed by atoms with Gasteiger partial charge in [-0.15, -0.1) is 0 Å². The van der Waals surface area contributed by atoms with Gasteiger partial charge >= 0.3 is 11.9 Å². The fourth-order valence-corrected chi connectivity index (χ4v) is 1.38. The van der Waals surface area contributed by atoms with Crippen molar-refractivity contribution >= 4 is 11.9 Å². The molecule has 1 aliphatic heterocycles. The number of rotatable bonds is 3. The number of ether oxygens (including phenoxy) is 3. The van der Waals surface area contributed by atoms with Gasteiger partial charge in [-0.3, -0.25) is 9.59 Å². The highest BCUT2D eigenvalue weighted by Crippen LogP contribution is 2.22. The average Bonchev–Trinajstić information content (AvgIpc) is 2.41. The molecule has 86 valence electrons. The predicted octanol–water partition coefficient (Wildman–Crippen LogP) is -0.412. The van der Waals surface area contributed by atoms with E-state index in [-0.39, 0.29) is 13.0 Å². The van der Waals surface area contributed by atoms with Crippen LogP contribution >= 0.6 is 0 Å². The van der Waals surface area contributed by atoms with Crippen LogP contribution in [0.3, 0.4) is 0 Å². The maximum Gasteiger partial charge on any atom is 0.303 e. The zero-order chi connectivity index (χ0) is 11.4. The van der Waals surface area contributed by atoms with Crippen LogP contribution in [0.4, 0.5) is 0 Å². The summed E-state index contributed by atoms with van der Waals surface area (Å²) >= 11 is 0. The Morgan fingerprint density at radius 3 is 2.60 bits per heavy atom. The summed E-state index contributed by atoms with van der Waals surface area (Å²) in [7, 11) is 0. The molecule has 0 radical (unpaired) electrons. The standard InChI is InChI=1S/C9H14O6/c1-5(10)13-4-8-7(14-6(2)11)3-9(12)15-8/h7-9,12H,3-4H2,1-2H3/t7-,8+,9?/m1/s1. The van der Waals surface area contributed by atoms with Gasteiger partial charge in [-0.05, 0) is 0 Å². The molecule has 0 aliphatic carbocycles. The second kappa shape index (κ2) is 5.09. The maximum absolute atomic E-state index is 10.7. The minimum absolute atomic E-state index is 0.0235. The Bertz CT molecular complexity index is 251. The molecule has 1 unspecified atom stereocenters. The summed E-state index contributed by atoms with van der Waals surface area (Å²) < 4.78 is 14.7. The van der Waals surface area contributed by atoms with E-state index in [1.54, 1.807) is 0 Å². The molecule has 3 atom stereocenters. The first-order valence-corrected chi connectivity index (χ1v) is 4.63. The molecule has 0 aromatic heterocycles. The van der Waals surface area contributed by atoms with E-state index < -0.39 is 30.4 Å². The third kappa shape index (κ3) is 3.85. The van der Waals surface area contributed by atoms with Crippen molar-refractivity contribution in [1.29, 1.82) is 0 Å². The highest BCUT2D eigenvalue weighted by Gasteiger charge is 2.37. The largest absolute Gasteiger partial charge is 0.463 e. The van der Waals surface area contributed by atoms with Crippen LogP contribution in [-0.2, 0) is 23.8 Å². The number of carbonyl (C=O) groups is 2. The van der Waals surface area contributed by atoms with Crippen molar-refractivity contribution in [3.63, 3.8) is 0 Å². The molecular formula is C9H14O6. The molecule has 1 saturated heterocycles. The van der Waals surface area contributed by atoms with Gasteiger partial charge in [0.05, 0.1) is 0 Å². The lowest BCUT2D eigenvalue weighted by Gasteiger charge is -2.17. The van der Waals surface area contributed by atoms with Crippen LogP contribution in [0.1, 0.15) is 20.3 Å². The van der Waals surface area contributed by atoms with E-state index >= 15 is 0 Å². The SMILES string of the molecule is CC(=O)OC[C@@H]1OC(O)C[C@H]1OC(C)=O.